The minimum Gasteiger partial charge on any atom is -0.351 e. The zero-order chi connectivity index (χ0) is 17.9. The molecule has 26 heavy (non-hydrogen) atoms. The fourth-order valence-corrected chi connectivity index (χ4v) is 5.03. The van der Waals surface area contributed by atoms with Crippen LogP contribution in [0.25, 0.3) is 10.2 Å². The first-order chi connectivity index (χ1) is 12.7. The van der Waals surface area contributed by atoms with E-state index in [0.29, 0.717) is 17.8 Å². The van der Waals surface area contributed by atoms with Crippen molar-refractivity contribution in [3.8, 4) is 0 Å². The number of para-hydroxylation sites is 1. The molecule has 1 aliphatic heterocycles. The largest absolute Gasteiger partial charge is 0.351 e. The van der Waals surface area contributed by atoms with Gasteiger partial charge in [0.05, 0.1) is 21.1 Å². The Morgan fingerprint density at radius 3 is 2.92 bits per heavy atom. The fourth-order valence-electron chi connectivity index (χ4n) is 3.28. The standard InChI is InChI=1S/C19H19N3O2S2/c23-17(9-10-20-18(24)16-8-4-12-25-16)22-11-3-6-14(22)19-21-13-5-1-2-7-15(13)26-19/h1-2,4-5,7-8,12,14H,3,6,9-11H2,(H,20,24). The van der Waals surface area contributed by atoms with Crippen molar-refractivity contribution in [1.82, 2.24) is 15.2 Å². The number of aromatic nitrogens is 1. The van der Waals surface area contributed by atoms with Gasteiger partial charge in [-0.3, -0.25) is 9.59 Å². The van der Waals surface area contributed by atoms with Crippen molar-refractivity contribution in [2.24, 2.45) is 0 Å². The number of likely N-dealkylation sites (tertiary alicyclic amines) is 1. The Morgan fingerprint density at radius 2 is 2.12 bits per heavy atom. The van der Waals surface area contributed by atoms with E-state index >= 15 is 0 Å². The maximum Gasteiger partial charge on any atom is 0.261 e. The Kier molecular flexibility index (Phi) is 4.99. The lowest BCUT2D eigenvalue weighted by Crippen LogP contribution is -2.34. The predicted molar refractivity (Wildman–Crippen MR) is 105 cm³/mol. The van der Waals surface area contributed by atoms with Crippen molar-refractivity contribution in [3.63, 3.8) is 0 Å². The molecule has 134 valence electrons. The summed E-state index contributed by atoms with van der Waals surface area (Å²) >= 11 is 3.07. The van der Waals surface area contributed by atoms with Gasteiger partial charge in [0.1, 0.15) is 5.01 Å². The predicted octanol–water partition coefficient (Wildman–Crippen LogP) is 3.84. The van der Waals surface area contributed by atoms with Crippen LogP contribution in [0.15, 0.2) is 41.8 Å². The molecule has 3 aromatic rings. The molecular formula is C19H19N3O2S2. The third kappa shape index (κ3) is 3.50. The molecule has 1 fully saturated rings. The number of carbonyl (C=O) groups is 2. The number of hydrogen-bond donors (Lipinski definition) is 1. The molecule has 0 bridgehead atoms. The average Bonchev–Trinajstić information content (AvgIpc) is 3.40. The Morgan fingerprint density at radius 1 is 1.23 bits per heavy atom. The number of thiazole rings is 1. The highest BCUT2D eigenvalue weighted by Crippen LogP contribution is 2.36. The molecule has 1 saturated heterocycles. The number of thiophene rings is 1. The van der Waals surface area contributed by atoms with Crippen LogP contribution in [0, 0.1) is 0 Å². The highest BCUT2D eigenvalue weighted by atomic mass is 32.1. The summed E-state index contributed by atoms with van der Waals surface area (Å²) in [5.74, 6) is -0.0322. The van der Waals surface area contributed by atoms with Gasteiger partial charge in [0.2, 0.25) is 5.91 Å². The molecule has 0 saturated carbocycles. The number of amides is 2. The second-order valence-electron chi connectivity index (χ2n) is 6.25. The molecule has 1 unspecified atom stereocenters. The summed E-state index contributed by atoms with van der Waals surface area (Å²) in [5.41, 5.74) is 0.995. The smallest absolute Gasteiger partial charge is 0.261 e. The molecule has 2 amide bonds. The Balaban J connectivity index is 1.38. The Bertz CT molecular complexity index is 887. The van der Waals surface area contributed by atoms with Crippen LogP contribution in [-0.2, 0) is 4.79 Å². The molecule has 1 aromatic carbocycles. The van der Waals surface area contributed by atoms with Gasteiger partial charge in [-0.05, 0) is 36.4 Å². The summed E-state index contributed by atoms with van der Waals surface area (Å²) in [6, 6.07) is 11.8. The molecule has 3 heterocycles. The molecule has 0 radical (unpaired) electrons. The number of nitrogens with zero attached hydrogens (tertiary/aromatic N) is 2. The van der Waals surface area contributed by atoms with Gasteiger partial charge in [-0.25, -0.2) is 4.98 Å². The minimum atomic E-state index is -0.114. The van der Waals surface area contributed by atoms with Crippen molar-refractivity contribution in [3.05, 3.63) is 51.7 Å². The zero-order valence-electron chi connectivity index (χ0n) is 14.2. The van der Waals surface area contributed by atoms with Gasteiger partial charge in [-0.2, -0.15) is 0 Å². The van der Waals surface area contributed by atoms with E-state index in [2.05, 4.69) is 11.4 Å². The van der Waals surface area contributed by atoms with Gasteiger partial charge in [-0.1, -0.05) is 18.2 Å². The average molecular weight is 386 g/mol. The molecular weight excluding hydrogens is 366 g/mol. The van der Waals surface area contributed by atoms with E-state index in [4.69, 9.17) is 4.98 Å². The van der Waals surface area contributed by atoms with E-state index in [1.165, 1.54) is 11.3 Å². The van der Waals surface area contributed by atoms with Crippen LogP contribution >= 0.6 is 22.7 Å². The third-order valence-electron chi connectivity index (χ3n) is 4.54. The number of rotatable bonds is 5. The molecule has 1 aliphatic rings. The minimum absolute atomic E-state index is 0.0629. The SMILES string of the molecule is O=C(NCCC(=O)N1CCCC1c1nc2ccccc2s1)c1cccs1. The van der Waals surface area contributed by atoms with Crippen LogP contribution in [0.3, 0.4) is 0 Å². The van der Waals surface area contributed by atoms with Crippen molar-refractivity contribution >= 4 is 44.7 Å². The summed E-state index contributed by atoms with van der Waals surface area (Å²) in [6.07, 6.45) is 2.26. The summed E-state index contributed by atoms with van der Waals surface area (Å²) in [4.78, 5) is 31.9. The number of fused-ring (bicyclic) bond motifs is 1. The maximum atomic E-state index is 12.7. The molecule has 0 spiro atoms. The van der Waals surface area contributed by atoms with Gasteiger partial charge in [-0.15, -0.1) is 22.7 Å². The van der Waals surface area contributed by atoms with Gasteiger partial charge in [0, 0.05) is 19.5 Å². The number of carbonyl (C=O) groups excluding carboxylic acids is 2. The quantitative estimate of drug-likeness (QED) is 0.726. The van der Waals surface area contributed by atoms with Crippen molar-refractivity contribution in [2.75, 3.05) is 13.1 Å². The molecule has 5 nitrogen and oxygen atoms in total. The van der Waals surface area contributed by atoms with Crippen LogP contribution in [0.4, 0.5) is 0 Å². The zero-order valence-corrected chi connectivity index (χ0v) is 15.8. The van der Waals surface area contributed by atoms with E-state index in [1.807, 2.05) is 34.5 Å². The normalized spacial score (nSPS) is 16.9. The Hall–Kier alpha value is -2.25. The second-order valence-corrected chi connectivity index (χ2v) is 8.26. The van der Waals surface area contributed by atoms with E-state index in [0.717, 1.165) is 34.6 Å². The van der Waals surface area contributed by atoms with Crippen molar-refractivity contribution in [2.45, 2.75) is 25.3 Å². The topological polar surface area (TPSA) is 62.3 Å². The van der Waals surface area contributed by atoms with Gasteiger partial charge >= 0.3 is 0 Å². The highest BCUT2D eigenvalue weighted by molar-refractivity contribution is 7.18. The monoisotopic (exact) mass is 385 g/mol. The van der Waals surface area contributed by atoms with Crippen LogP contribution in [0.5, 0.6) is 0 Å². The fraction of sp³-hybridized carbons (Fsp3) is 0.316. The van der Waals surface area contributed by atoms with E-state index < -0.39 is 0 Å². The number of benzene rings is 1. The van der Waals surface area contributed by atoms with Gasteiger partial charge < -0.3 is 10.2 Å². The number of nitrogens with one attached hydrogen (secondary N) is 1. The lowest BCUT2D eigenvalue weighted by Gasteiger charge is -2.23. The first-order valence-electron chi connectivity index (χ1n) is 8.69. The summed E-state index contributed by atoms with van der Waals surface area (Å²) < 4.78 is 1.16. The Labute approximate surface area is 159 Å². The first-order valence-corrected chi connectivity index (χ1v) is 10.4. The van der Waals surface area contributed by atoms with Crippen molar-refractivity contribution in [1.29, 1.82) is 0 Å². The first kappa shape index (κ1) is 17.2. The van der Waals surface area contributed by atoms with Crippen LogP contribution in [0.2, 0.25) is 0 Å². The maximum absolute atomic E-state index is 12.7. The van der Waals surface area contributed by atoms with Crippen molar-refractivity contribution < 1.29 is 9.59 Å². The molecule has 1 atom stereocenters. The van der Waals surface area contributed by atoms with Crippen LogP contribution < -0.4 is 5.32 Å². The molecule has 4 rings (SSSR count). The van der Waals surface area contributed by atoms with E-state index in [1.54, 1.807) is 17.4 Å². The van der Waals surface area contributed by atoms with Gasteiger partial charge in [0.15, 0.2) is 0 Å². The lowest BCUT2D eigenvalue weighted by molar-refractivity contribution is -0.132. The second kappa shape index (κ2) is 7.55. The molecule has 1 N–H and O–H groups in total. The van der Waals surface area contributed by atoms with Crippen LogP contribution in [-0.4, -0.2) is 34.8 Å². The number of hydrogen-bond acceptors (Lipinski definition) is 5. The molecule has 7 heteroatoms. The van der Waals surface area contributed by atoms with Gasteiger partial charge in [0.25, 0.3) is 5.91 Å². The summed E-state index contributed by atoms with van der Waals surface area (Å²) in [5, 5.41) is 5.71. The molecule has 2 aromatic heterocycles. The highest BCUT2D eigenvalue weighted by Gasteiger charge is 2.31. The van der Waals surface area contributed by atoms with E-state index in [9.17, 15) is 9.59 Å². The lowest BCUT2D eigenvalue weighted by atomic mass is 10.2. The van der Waals surface area contributed by atoms with Crippen LogP contribution in [0.1, 0.15) is 40.0 Å². The summed E-state index contributed by atoms with van der Waals surface area (Å²) in [7, 11) is 0. The summed E-state index contributed by atoms with van der Waals surface area (Å²) in [6.45, 7) is 1.12. The van der Waals surface area contributed by atoms with E-state index in [-0.39, 0.29) is 17.9 Å². The molecule has 0 aliphatic carbocycles. The third-order valence-corrected chi connectivity index (χ3v) is 6.54.